The van der Waals surface area contributed by atoms with Crippen molar-refractivity contribution in [1.29, 1.82) is 0 Å². The number of carbonyl (C=O) groups excluding carboxylic acids is 1. The summed E-state index contributed by atoms with van der Waals surface area (Å²) < 4.78 is 41.5. The summed E-state index contributed by atoms with van der Waals surface area (Å²) >= 11 is 0. The van der Waals surface area contributed by atoms with Crippen LogP contribution in [-0.2, 0) is 4.79 Å². The van der Waals surface area contributed by atoms with Crippen LogP contribution in [0.4, 0.5) is 19.0 Å². The molecule has 1 atom stereocenters. The summed E-state index contributed by atoms with van der Waals surface area (Å²) in [4.78, 5) is 16.5. The van der Waals surface area contributed by atoms with E-state index < -0.39 is 17.6 Å². The number of halogens is 3. The van der Waals surface area contributed by atoms with Gasteiger partial charge in [0, 0.05) is 18.0 Å². The van der Waals surface area contributed by atoms with Crippen molar-refractivity contribution in [3.05, 3.63) is 77.5 Å². The van der Waals surface area contributed by atoms with E-state index in [0.717, 1.165) is 12.1 Å². The van der Waals surface area contributed by atoms with Crippen molar-refractivity contribution in [1.82, 2.24) is 9.55 Å². The molecule has 126 valence electrons. The highest BCUT2D eigenvalue weighted by Gasteiger charge is 2.31. The highest BCUT2D eigenvalue weighted by atomic mass is 19.2. The molecule has 4 nitrogen and oxygen atoms in total. The quantitative estimate of drug-likeness (QED) is 0.770. The van der Waals surface area contributed by atoms with Gasteiger partial charge in [0.25, 0.3) is 0 Å². The van der Waals surface area contributed by atoms with Crippen LogP contribution < -0.4 is 5.32 Å². The molecule has 0 spiro atoms. The molecular weight excluding hydrogens is 331 g/mol. The number of rotatable bonds is 2. The molecule has 2 heterocycles. The average molecular weight is 343 g/mol. The van der Waals surface area contributed by atoms with Crippen LogP contribution in [0.2, 0.25) is 0 Å². The zero-order valence-corrected chi connectivity index (χ0v) is 12.8. The first-order chi connectivity index (χ1) is 12.0. The second-order valence-electron chi connectivity index (χ2n) is 5.80. The molecule has 25 heavy (non-hydrogen) atoms. The van der Waals surface area contributed by atoms with Crippen LogP contribution >= 0.6 is 0 Å². The maximum atomic E-state index is 13.6. The Balaban J connectivity index is 1.81. The Morgan fingerprint density at radius 1 is 1.04 bits per heavy atom. The fourth-order valence-electron chi connectivity index (χ4n) is 3.01. The number of nitrogens with zero attached hydrogens (tertiary/aromatic N) is 2. The van der Waals surface area contributed by atoms with Crippen molar-refractivity contribution >= 4 is 11.7 Å². The molecule has 0 bridgehead atoms. The Morgan fingerprint density at radius 2 is 1.80 bits per heavy atom. The van der Waals surface area contributed by atoms with E-state index in [2.05, 4.69) is 10.3 Å². The summed E-state index contributed by atoms with van der Waals surface area (Å²) in [6.07, 6.45) is 1.59. The summed E-state index contributed by atoms with van der Waals surface area (Å²) in [5.74, 6) is -2.59. The second-order valence-corrected chi connectivity index (χ2v) is 5.80. The molecule has 1 amide bonds. The zero-order valence-electron chi connectivity index (χ0n) is 12.8. The first-order valence-electron chi connectivity index (χ1n) is 7.61. The molecule has 0 aliphatic carbocycles. The Labute approximate surface area is 140 Å². The van der Waals surface area contributed by atoms with Gasteiger partial charge in [0.15, 0.2) is 11.6 Å². The molecule has 3 aromatic rings. The van der Waals surface area contributed by atoms with Crippen LogP contribution in [0.15, 0.2) is 48.8 Å². The highest BCUT2D eigenvalue weighted by molar-refractivity contribution is 5.94. The summed E-state index contributed by atoms with van der Waals surface area (Å²) in [7, 11) is 0. The number of imidazole rings is 1. The summed E-state index contributed by atoms with van der Waals surface area (Å²) in [6, 6.07) is 9.29. The molecule has 4 rings (SSSR count). The molecule has 1 aliphatic heterocycles. The van der Waals surface area contributed by atoms with E-state index in [1.165, 1.54) is 24.5 Å². The molecule has 1 N–H and O–H groups in total. The molecule has 0 unspecified atom stereocenters. The monoisotopic (exact) mass is 343 g/mol. The summed E-state index contributed by atoms with van der Waals surface area (Å²) in [5.41, 5.74) is 1.65. The molecule has 1 aliphatic rings. The fourth-order valence-corrected chi connectivity index (χ4v) is 3.01. The van der Waals surface area contributed by atoms with E-state index in [1.807, 2.05) is 0 Å². The van der Waals surface area contributed by atoms with Gasteiger partial charge in [0.05, 0.1) is 5.69 Å². The molecule has 1 aromatic heterocycles. The minimum atomic E-state index is -0.969. The standard InChI is InChI=1S/C18H12F3N3O/c19-11-2-4-12(5-3-11)24-9-22-17-13(8-16(25)23-18(17)24)10-1-6-14(20)15(21)7-10/h1-7,9,13H,8H2,(H,23,25)/t13-/m1/s1. The normalized spacial score (nSPS) is 16.4. The third kappa shape index (κ3) is 2.67. The van der Waals surface area contributed by atoms with Gasteiger partial charge in [-0.1, -0.05) is 6.07 Å². The number of carbonyl (C=O) groups is 1. The van der Waals surface area contributed by atoms with E-state index >= 15 is 0 Å². The first-order valence-corrected chi connectivity index (χ1v) is 7.61. The lowest BCUT2D eigenvalue weighted by molar-refractivity contribution is -0.116. The third-order valence-electron chi connectivity index (χ3n) is 4.22. The lowest BCUT2D eigenvalue weighted by Gasteiger charge is -2.23. The van der Waals surface area contributed by atoms with E-state index in [9.17, 15) is 18.0 Å². The highest BCUT2D eigenvalue weighted by Crippen LogP contribution is 2.37. The van der Waals surface area contributed by atoms with Gasteiger partial charge in [-0.15, -0.1) is 0 Å². The number of aromatic nitrogens is 2. The smallest absolute Gasteiger partial charge is 0.226 e. The van der Waals surface area contributed by atoms with Crippen molar-refractivity contribution in [3.8, 4) is 5.69 Å². The molecular formula is C18H12F3N3O. The first kappa shape index (κ1) is 15.4. The lowest BCUT2D eigenvalue weighted by Crippen LogP contribution is -2.25. The number of fused-ring (bicyclic) bond motifs is 1. The van der Waals surface area contributed by atoms with Crippen molar-refractivity contribution < 1.29 is 18.0 Å². The third-order valence-corrected chi connectivity index (χ3v) is 4.22. The van der Waals surface area contributed by atoms with E-state index in [4.69, 9.17) is 0 Å². The predicted molar refractivity (Wildman–Crippen MR) is 85.0 cm³/mol. The lowest BCUT2D eigenvalue weighted by atomic mass is 9.89. The van der Waals surface area contributed by atoms with Gasteiger partial charge in [-0.25, -0.2) is 18.2 Å². The number of hydrogen-bond acceptors (Lipinski definition) is 2. The van der Waals surface area contributed by atoms with Gasteiger partial charge in [-0.2, -0.15) is 0 Å². The van der Waals surface area contributed by atoms with E-state index in [0.29, 0.717) is 22.8 Å². The number of amides is 1. The molecule has 7 heteroatoms. The number of hydrogen-bond donors (Lipinski definition) is 1. The summed E-state index contributed by atoms with van der Waals surface area (Å²) in [5, 5.41) is 2.75. The van der Waals surface area contributed by atoms with Gasteiger partial charge in [0.1, 0.15) is 18.0 Å². The van der Waals surface area contributed by atoms with Crippen LogP contribution in [-0.4, -0.2) is 15.5 Å². The topological polar surface area (TPSA) is 46.9 Å². The Bertz CT molecular complexity index is 966. The van der Waals surface area contributed by atoms with Gasteiger partial charge in [-0.05, 0) is 42.0 Å². The maximum absolute atomic E-state index is 13.6. The predicted octanol–water partition coefficient (Wildman–Crippen LogP) is 3.76. The van der Waals surface area contributed by atoms with Crippen LogP contribution in [0.1, 0.15) is 23.6 Å². The second kappa shape index (κ2) is 5.77. The van der Waals surface area contributed by atoms with Gasteiger partial charge in [-0.3, -0.25) is 9.36 Å². The van der Waals surface area contributed by atoms with Crippen molar-refractivity contribution in [2.45, 2.75) is 12.3 Å². The van der Waals surface area contributed by atoms with Crippen molar-refractivity contribution in [2.75, 3.05) is 5.32 Å². The van der Waals surface area contributed by atoms with Crippen LogP contribution in [0.5, 0.6) is 0 Å². The Morgan fingerprint density at radius 3 is 2.52 bits per heavy atom. The minimum Gasteiger partial charge on any atom is -0.310 e. The summed E-state index contributed by atoms with van der Waals surface area (Å²) in [6.45, 7) is 0. The minimum absolute atomic E-state index is 0.0818. The molecule has 0 saturated heterocycles. The fraction of sp³-hybridized carbons (Fsp3) is 0.111. The Kier molecular flexibility index (Phi) is 3.56. The van der Waals surface area contributed by atoms with Crippen molar-refractivity contribution in [3.63, 3.8) is 0 Å². The number of nitrogens with one attached hydrogen (secondary N) is 1. The average Bonchev–Trinajstić information content (AvgIpc) is 3.01. The van der Waals surface area contributed by atoms with Crippen LogP contribution in [0, 0.1) is 17.5 Å². The van der Waals surface area contributed by atoms with Crippen molar-refractivity contribution in [2.24, 2.45) is 0 Å². The molecule has 2 aromatic carbocycles. The molecule has 0 saturated carbocycles. The molecule has 0 radical (unpaired) electrons. The van der Waals surface area contributed by atoms with Crippen LogP contribution in [0.3, 0.4) is 0 Å². The van der Waals surface area contributed by atoms with E-state index in [-0.39, 0.29) is 18.1 Å². The molecule has 0 fully saturated rings. The van der Waals surface area contributed by atoms with Gasteiger partial charge in [0.2, 0.25) is 5.91 Å². The van der Waals surface area contributed by atoms with Gasteiger partial charge >= 0.3 is 0 Å². The van der Waals surface area contributed by atoms with E-state index in [1.54, 1.807) is 16.7 Å². The largest absolute Gasteiger partial charge is 0.310 e. The maximum Gasteiger partial charge on any atom is 0.226 e. The SMILES string of the molecule is O=C1C[C@H](c2ccc(F)c(F)c2)c2ncn(-c3ccc(F)cc3)c2N1. The Hall–Kier alpha value is -3.09. The van der Waals surface area contributed by atoms with Crippen LogP contribution in [0.25, 0.3) is 5.69 Å². The van der Waals surface area contributed by atoms with Gasteiger partial charge < -0.3 is 5.32 Å². The zero-order chi connectivity index (χ0) is 17.6. The number of benzene rings is 2. The number of anilines is 1.